The molecule has 2 aromatic carbocycles. The number of hydrogen-bond donors (Lipinski definition) is 5. The van der Waals surface area contributed by atoms with E-state index >= 15 is 0 Å². The number of carbonyl (C=O) groups is 2. The Balaban J connectivity index is 0.000000238. The molecule has 0 saturated heterocycles. The summed E-state index contributed by atoms with van der Waals surface area (Å²) in [6, 6.07) is 10.1. The van der Waals surface area contributed by atoms with Crippen molar-refractivity contribution in [3.63, 3.8) is 0 Å². The quantitative estimate of drug-likeness (QED) is 0.141. The lowest BCUT2D eigenvalue weighted by Gasteiger charge is -2.16. The fraction of sp³-hybridized carbons (Fsp3) is 0.263. The summed E-state index contributed by atoms with van der Waals surface area (Å²) in [4.78, 5) is 52.1. The van der Waals surface area contributed by atoms with Gasteiger partial charge in [0.25, 0.3) is 17.0 Å². The van der Waals surface area contributed by atoms with Crippen molar-refractivity contribution in [2.45, 2.75) is 40.8 Å². The average Bonchev–Trinajstić information content (AvgIpc) is 3.05. The van der Waals surface area contributed by atoms with Gasteiger partial charge in [0.05, 0.1) is 14.5 Å². The first-order valence-corrected chi connectivity index (χ1v) is 18.0. The minimum Gasteiger partial charge on any atom is -0.486 e. The number of carboxylic acid groups (broad SMARTS) is 1. The number of H-pyrrole nitrogens is 2. The highest BCUT2D eigenvalue weighted by molar-refractivity contribution is 9.11. The van der Waals surface area contributed by atoms with Gasteiger partial charge >= 0.3 is 5.97 Å². The number of carbonyl (C=O) groups excluding carboxylic acids is 1. The van der Waals surface area contributed by atoms with E-state index in [-0.39, 0.29) is 41.5 Å². The maximum Gasteiger partial charge on any atom is 0.335 e. The number of aromatic amines is 2. The molecule has 4 heterocycles. The lowest BCUT2D eigenvalue weighted by Crippen LogP contribution is -2.28. The van der Waals surface area contributed by atoms with E-state index in [1.807, 2.05) is 64.1 Å². The largest absolute Gasteiger partial charge is 0.486 e. The van der Waals surface area contributed by atoms with E-state index in [4.69, 9.17) is 29.8 Å². The Bertz CT molecular complexity index is 2170. The number of ether oxygens (including phenoxy) is 4. The smallest absolute Gasteiger partial charge is 0.335 e. The number of nitrogens with one attached hydrogen (secondary N) is 3. The average molecular weight is 893 g/mol. The van der Waals surface area contributed by atoms with Gasteiger partial charge in [-0.25, -0.2) is 4.79 Å². The first-order valence-electron chi connectivity index (χ1n) is 16.4. The molecule has 0 aliphatic carbocycles. The molecular formula is C38H41Br2ClN4O9. The van der Waals surface area contributed by atoms with Crippen molar-refractivity contribution in [3.8, 4) is 23.0 Å². The zero-order valence-corrected chi connectivity index (χ0v) is 34.0. The number of carboxylic acids is 1. The number of rotatable bonds is 5. The van der Waals surface area contributed by atoms with Crippen molar-refractivity contribution in [1.29, 1.82) is 0 Å². The summed E-state index contributed by atoms with van der Waals surface area (Å²) in [5, 5.41) is 11.7. The van der Waals surface area contributed by atoms with Gasteiger partial charge < -0.3 is 45.1 Å². The SMILES string of the molecule is Cc1cc(C)c(CN)c(=O)[nH]1.Cc1cc(C)c(CNC(=O)c2cc(Br)c3c(c2)OC/C=C\CO3)c(=O)[nH]1.Cl.O=C(O)c1cc(Br)c2c(c1)OC/C=C\CO2. The van der Waals surface area contributed by atoms with Crippen molar-refractivity contribution in [3.05, 3.63) is 135 Å². The van der Waals surface area contributed by atoms with Crippen LogP contribution in [0.15, 0.2) is 79.2 Å². The van der Waals surface area contributed by atoms with Crippen LogP contribution in [0.5, 0.6) is 23.0 Å². The molecule has 0 unspecified atom stereocenters. The summed E-state index contributed by atoms with van der Waals surface area (Å²) in [5.41, 5.74) is 10.4. The summed E-state index contributed by atoms with van der Waals surface area (Å²) in [7, 11) is 0. The van der Waals surface area contributed by atoms with E-state index in [9.17, 15) is 19.2 Å². The molecule has 4 aromatic rings. The normalized spacial score (nSPS) is 13.7. The van der Waals surface area contributed by atoms with Gasteiger partial charge in [0.2, 0.25) is 0 Å². The molecule has 0 radical (unpaired) electrons. The maximum absolute atomic E-state index is 12.5. The molecule has 0 bridgehead atoms. The minimum absolute atomic E-state index is 0. The predicted octanol–water partition coefficient (Wildman–Crippen LogP) is 6.36. The molecule has 0 spiro atoms. The molecule has 0 saturated carbocycles. The highest BCUT2D eigenvalue weighted by Crippen LogP contribution is 2.38. The van der Waals surface area contributed by atoms with Gasteiger partial charge in [0, 0.05) is 41.2 Å². The minimum atomic E-state index is -0.996. The van der Waals surface area contributed by atoms with Crippen LogP contribution in [-0.2, 0) is 13.1 Å². The summed E-state index contributed by atoms with van der Waals surface area (Å²) < 4.78 is 23.3. The molecular weight excluding hydrogens is 852 g/mol. The summed E-state index contributed by atoms with van der Waals surface area (Å²) in [6.45, 7) is 9.58. The Kier molecular flexibility index (Phi) is 16.6. The van der Waals surface area contributed by atoms with Gasteiger partial charge in [-0.1, -0.05) is 0 Å². The van der Waals surface area contributed by atoms with E-state index in [0.717, 1.165) is 22.5 Å². The van der Waals surface area contributed by atoms with Crippen LogP contribution >= 0.6 is 44.3 Å². The predicted molar refractivity (Wildman–Crippen MR) is 215 cm³/mol. The van der Waals surface area contributed by atoms with Crippen LogP contribution in [0.3, 0.4) is 0 Å². The summed E-state index contributed by atoms with van der Waals surface area (Å²) in [5.74, 6) is 0.749. The highest BCUT2D eigenvalue weighted by atomic mass is 79.9. The van der Waals surface area contributed by atoms with E-state index in [1.165, 1.54) is 12.1 Å². The Morgan fingerprint density at radius 3 is 1.57 bits per heavy atom. The molecule has 0 atom stereocenters. The number of fused-ring (bicyclic) bond motifs is 2. The first kappa shape index (κ1) is 43.6. The van der Waals surface area contributed by atoms with Crippen LogP contribution in [0, 0.1) is 27.7 Å². The molecule has 6 N–H and O–H groups in total. The third-order valence-electron chi connectivity index (χ3n) is 7.80. The number of amides is 1. The van der Waals surface area contributed by atoms with Gasteiger partial charge in [0.1, 0.15) is 26.4 Å². The number of benzene rings is 2. The maximum atomic E-state index is 12.5. The fourth-order valence-corrected chi connectivity index (χ4v) is 6.32. The lowest BCUT2D eigenvalue weighted by molar-refractivity contribution is 0.0696. The van der Waals surface area contributed by atoms with E-state index in [1.54, 1.807) is 12.1 Å². The monoisotopic (exact) mass is 890 g/mol. The van der Waals surface area contributed by atoms with Gasteiger partial charge in [0.15, 0.2) is 23.0 Å². The Morgan fingerprint density at radius 2 is 1.13 bits per heavy atom. The van der Waals surface area contributed by atoms with E-state index < -0.39 is 5.97 Å². The van der Waals surface area contributed by atoms with Crippen molar-refractivity contribution < 1.29 is 33.6 Å². The molecule has 0 fully saturated rings. The number of aromatic nitrogens is 2. The molecule has 288 valence electrons. The second kappa shape index (κ2) is 20.6. The number of hydrogen-bond acceptors (Lipinski definition) is 9. The van der Waals surface area contributed by atoms with E-state index in [0.29, 0.717) is 81.6 Å². The molecule has 2 aromatic heterocycles. The van der Waals surface area contributed by atoms with Gasteiger partial charge in [-0.15, -0.1) is 12.4 Å². The summed E-state index contributed by atoms with van der Waals surface area (Å²) >= 11 is 6.69. The van der Waals surface area contributed by atoms with Crippen LogP contribution in [-0.4, -0.2) is 53.4 Å². The number of nitrogens with two attached hydrogens (primary N) is 1. The molecule has 54 heavy (non-hydrogen) atoms. The van der Waals surface area contributed by atoms with Crippen LogP contribution in [0.25, 0.3) is 0 Å². The molecule has 2 aliphatic heterocycles. The topological polar surface area (TPSA) is 195 Å². The van der Waals surface area contributed by atoms with Gasteiger partial charge in [-0.05, 0) is 131 Å². The van der Waals surface area contributed by atoms with Crippen molar-refractivity contribution in [2.75, 3.05) is 26.4 Å². The van der Waals surface area contributed by atoms with Crippen LogP contribution in [0.1, 0.15) is 54.4 Å². The van der Waals surface area contributed by atoms with Crippen LogP contribution < -0.4 is 41.1 Å². The number of aromatic carboxylic acids is 1. The van der Waals surface area contributed by atoms with Crippen molar-refractivity contribution in [1.82, 2.24) is 15.3 Å². The second-order valence-electron chi connectivity index (χ2n) is 11.8. The van der Waals surface area contributed by atoms with Crippen LogP contribution in [0.4, 0.5) is 0 Å². The van der Waals surface area contributed by atoms with Crippen molar-refractivity contribution >= 4 is 56.1 Å². The number of halogens is 3. The summed E-state index contributed by atoms with van der Waals surface area (Å²) in [6.07, 6.45) is 7.40. The standard InChI is InChI=1S/C19H19BrN2O4.C11H9BrO4.C8H12N2O.ClH/c1-11-7-12(2)22-19(24)14(11)10-21-18(23)13-8-15(20)17-16(9-13)25-5-3-4-6-26-17;12-8-5-7(11(13)14)6-9-10(8)16-4-2-1-3-15-9;1-5-3-6(2)10-8(11)7(5)4-9;/h3-4,7-9H,5-6,10H2,1-2H3,(H,21,23)(H,22,24);1-2,5-6H,3-4H2,(H,13,14);3H,4,9H2,1-2H3,(H,10,11);1H/b4-3-;2-1-;;. The molecule has 6 rings (SSSR count). The highest BCUT2D eigenvalue weighted by Gasteiger charge is 2.18. The Hall–Kier alpha value is -4.83. The fourth-order valence-electron chi connectivity index (χ4n) is 5.20. The lowest BCUT2D eigenvalue weighted by atomic mass is 10.1. The Labute approximate surface area is 334 Å². The zero-order valence-electron chi connectivity index (χ0n) is 30.0. The van der Waals surface area contributed by atoms with Crippen molar-refractivity contribution in [2.24, 2.45) is 5.73 Å². The second-order valence-corrected chi connectivity index (χ2v) is 13.5. The third kappa shape index (κ3) is 11.8. The molecule has 13 nitrogen and oxygen atoms in total. The van der Waals surface area contributed by atoms with Gasteiger partial charge in [-0.2, -0.15) is 0 Å². The van der Waals surface area contributed by atoms with Gasteiger partial charge in [-0.3, -0.25) is 14.4 Å². The number of pyridine rings is 2. The third-order valence-corrected chi connectivity index (χ3v) is 8.97. The Morgan fingerprint density at radius 1 is 0.704 bits per heavy atom. The van der Waals surface area contributed by atoms with Crippen LogP contribution in [0.2, 0.25) is 0 Å². The molecule has 16 heteroatoms. The zero-order chi connectivity index (χ0) is 38.7. The molecule has 2 aliphatic rings. The first-order chi connectivity index (χ1) is 25.3. The van der Waals surface area contributed by atoms with E-state index in [2.05, 4.69) is 47.1 Å². The molecule has 1 amide bonds. The number of aryl methyl sites for hydroxylation is 4.